The monoisotopic (exact) mass is 128 g/mol. The lowest BCUT2D eigenvalue weighted by Crippen LogP contribution is -1.74. The van der Waals surface area contributed by atoms with Crippen LogP contribution in [-0.4, -0.2) is 24.9 Å². The molecule has 6 heteroatoms. The van der Waals surface area contributed by atoms with Crippen LogP contribution in [0.25, 0.3) is 0 Å². The van der Waals surface area contributed by atoms with Crippen molar-refractivity contribution in [3.05, 3.63) is 0 Å². The SMILES string of the molecule is O=CO.O=S(O)O. The fourth-order valence-corrected chi connectivity index (χ4v) is 0. The van der Waals surface area contributed by atoms with E-state index in [1.54, 1.807) is 0 Å². The third-order valence-corrected chi connectivity index (χ3v) is 0. The van der Waals surface area contributed by atoms with Crippen molar-refractivity contribution in [1.29, 1.82) is 0 Å². The normalized spacial score (nSPS) is 6.71. The predicted octanol–water partition coefficient (Wildman–Crippen LogP) is -0.618. The van der Waals surface area contributed by atoms with Gasteiger partial charge in [0, 0.05) is 0 Å². The third kappa shape index (κ3) is 328. The van der Waals surface area contributed by atoms with E-state index < -0.39 is 11.4 Å². The number of carbonyl (C=O) groups is 1. The first-order chi connectivity index (χ1) is 3.15. The van der Waals surface area contributed by atoms with Crippen molar-refractivity contribution in [2.45, 2.75) is 0 Å². The highest BCUT2D eigenvalue weighted by Gasteiger charge is 1.62. The molecule has 0 amide bonds. The zero-order chi connectivity index (χ0) is 6.28. The van der Waals surface area contributed by atoms with Gasteiger partial charge in [-0.25, -0.2) is 0 Å². The second kappa shape index (κ2) is 9.11. The van der Waals surface area contributed by atoms with E-state index in [-0.39, 0.29) is 6.47 Å². The number of hydrogen-bond donors (Lipinski definition) is 3. The molecule has 0 bridgehead atoms. The standard InChI is InChI=1S/CH2O2.H2O3S/c2-1-3;1-4(2)3/h1H,(H,2,3);(H2,1,2,3). The molecule has 44 valence electrons. The fraction of sp³-hybridized carbons (Fsp3) is 0. The van der Waals surface area contributed by atoms with Crippen molar-refractivity contribution in [3.63, 3.8) is 0 Å². The van der Waals surface area contributed by atoms with Crippen molar-refractivity contribution >= 4 is 17.8 Å². The van der Waals surface area contributed by atoms with Crippen LogP contribution in [0.15, 0.2) is 0 Å². The van der Waals surface area contributed by atoms with Gasteiger partial charge in [0.1, 0.15) is 0 Å². The molecule has 0 aromatic heterocycles. The Balaban J connectivity index is 0. The summed E-state index contributed by atoms with van der Waals surface area (Å²) < 4.78 is 22.8. The lowest BCUT2D eigenvalue weighted by Gasteiger charge is -1.59. The summed E-state index contributed by atoms with van der Waals surface area (Å²) in [5.41, 5.74) is 0. The predicted molar refractivity (Wildman–Crippen MR) is 22.1 cm³/mol. The van der Waals surface area contributed by atoms with Crippen LogP contribution >= 0.6 is 0 Å². The Morgan fingerprint density at radius 2 is 1.43 bits per heavy atom. The van der Waals surface area contributed by atoms with Crippen molar-refractivity contribution in [2.75, 3.05) is 0 Å². The van der Waals surface area contributed by atoms with Gasteiger partial charge in [-0.05, 0) is 0 Å². The van der Waals surface area contributed by atoms with Crippen LogP contribution in [0.3, 0.4) is 0 Å². The molecule has 3 N–H and O–H groups in total. The van der Waals surface area contributed by atoms with Crippen LogP contribution in [0.5, 0.6) is 0 Å². The molecule has 0 heterocycles. The molecule has 0 aliphatic carbocycles. The minimum absolute atomic E-state index is 0.250. The van der Waals surface area contributed by atoms with Gasteiger partial charge >= 0.3 is 0 Å². The van der Waals surface area contributed by atoms with Crippen molar-refractivity contribution in [2.24, 2.45) is 0 Å². The van der Waals surface area contributed by atoms with Crippen molar-refractivity contribution < 1.29 is 23.2 Å². The molecule has 5 nitrogen and oxygen atoms in total. The second-order valence-corrected chi connectivity index (χ2v) is 0.798. The topological polar surface area (TPSA) is 94.8 Å². The van der Waals surface area contributed by atoms with Gasteiger partial charge < -0.3 is 5.11 Å². The number of carboxylic acid groups (broad SMARTS) is 1. The van der Waals surface area contributed by atoms with Gasteiger partial charge in [0.2, 0.25) is 0 Å². The summed E-state index contributed by atoms with van der Waals surface area (Å²) in [5.74, 6) is 0. The molecule has 0 aliphatic rings. The molecule has 0 spiro atoms. The molecule has 7 heavy (non-hydrogen) atoms. The van der Waals surface area contributed by atoms with Gasteiger partial charge in [-0.1, -0.05) is 0 Å². The molecular weight excluding hydrogens is 124 g/mol. The summed E-state index contributed by atoms with van der Waals surface area (Å²) in [5, 5.41) is 6.89. The Bertz CT molecular complexity index is 55.1. The third-order valence-electron chi connectivity index (χ3n) is 0. The average Bonchev–Trinajstić information content (AvgIpc) is 1.33. The summed E-state index contributed by atoms with van der Waals surface area (Å²) >= 11 is -2.61. The number of hydrogen-bond acceptors (Lipinski definition) is 2. The average molecular weight is 128 g/mol. The molecule has 0 saturated carbocycles. The molecule has 0 unspecified atom stereocenters. The van der Waals surface area contributed by atoms with E-state index in [1.165, 1.54) is 0 Å². The molecule has 0 aromatic rings. The van der Waals surface area contributed by atoms with Gasteiger partial charge in [0.25, 0.3) is 17.8 Å². The van der Waals surface area contributed by atoms with E-state index in [4.69, 9.17) is 23.2 Å². The Kier molecular flexibility index (Phi) is 12.7. The first-order valence-corrected chi connectivity index (χ1v) is 2.09. The lowest BCUT2D eigenvalue weighted by atomic mass is 11.7. The molecule has 0 aromatic carbocycles. The molecule has 0 rings (SSSR count). The Hall–Kier alpha value is -0.460. The molecule has 0 fully saturated rings. The number of rotatable bonds is 0. The van der Waals surface area contributed by atoms with Crippen LogP contribution < -0.4 is 0 Å². The van der Waals surface area contributed by atoms with E-state index >= 15 is 0 Å². The van der Waals surface area contributed by atoms with Crippen LogP contribution in [0.1, 0.15) is 0 Å². The van der Waals surface area contributed by atoms with Crippen LogP contribution in [-0.2, 0) is 16.2 Å². The van der Waals surface area contributed by atoms with Gasteiger partial charge in [-0.15, -0.1) is 0 Å². The molecule has 0 radical (unpaired) electrons. The van der Waals surface area contributed by atoms with Crippen LogP contribution in [0.2, 0.25) is 0 Å². The van der Waals surface area contributed by atoms with E-state index in [0.717, 1.165) is 0 Å². The zero-order valence-corrected chi connectivity index (χ0v) is 3.96. The maximum absolute atomic E-state index is 8.67. The highest BCUT2D eigenvalue weighted by molar-refractivity contribution is 7.73. The van der Waals surface area contributed by atoms with E-state index in [0.29, 0.717) is 0 Å². The lowest BCUT2D eigenvalue weighted by molar-refractivity contribution is -0.122. The first kappa shape index (κ1) is 9.74. The van der Waals surface area contributed by atoms with E-state index in [1.807, 2.05) is 0 Å². The largest absolute Gasteiger partial charge is 0.483 e. The summed E-state index contributed by atoms with van der Waals surface area (Å²) in [7, 11) is 0. The Labute approximate surface area is 42.1 Å². The summed E-state index contributed by atoms with van der Waals surface area (Å²) in [6.45, 7) is -0.250. The van der Waals surface area contributed by atoms with Crippen LogP contribution in [0, 0.1) is 0 Å². The quantitative estimate of drug-likeness (QED) is 0.298. The van der Waals surface area contributed by atoms with Gasteiger partial charge in [-0.3, -0.25) is 13.9 Å². The van der Waals surface area contributed by atoms with E-state index in [2.05, 4.69) is 0 Å². The fourth-order valence-electron chi connectivity index (χ4n) is 0. The minimum Gasteiger partial charge on any atom is -0.483 e. The summed E-state index contributed by atoms with van der Waals surface area (Å²) in [6.07, 6.45) is 0. The molecule has 0 aliphatic heterocycles. The maximum Gasteiger partial charge on any atom is 0.299 e. The molecule has 0 saturated heterocycles. The van der Waals surface area contributed by atoms with Crippen LogP contribution in [0.4, 0.5) is 0 Å². The van der Waals surface area contributed by atoms with E-state index in [9.17, 15) is 0 Å². The van der Waals surface area contributed by atoms with Gasteiger partial charge in [0.05, 0.1) is 0 Å². The Morgan fingerprint density at radius 1 is 1.43 bits per heavy atom. The maximum atomic E-state index is 8.67. The first-order valence-electron chi connectivity index (χ1n) is 1.03. The van der Waals surface area contributed by atoms with Gasteiger partial charge in [-0.2, -0.15) is 4.21 Å². The van der Waals surface area contributed by atoms with Gasteiger partial charge in [0.15, 0.2) is 0 Å². The highest BCUT2D eigenvalue weighted by Crippen LogP contribution is 1.44. The minimum atomic E-state index is -2.61. The zero-order valence-electron chi connectivity index (χ0n) is 3.14. The summed E-state index contributed by atoms with van der Waals surface area (Å²) in [6, 6.07) is 0. The smallest absolute Gasteiger partial charge is 0.299 e. The van der Waals surface area contributed by atoms with Crippen molar-refractivity contribution in [3.8, 4) is 0 Å². The summed E-state index contributed by atoms with van der Waals surface area (Å²) in [4.78, 5) is 8.36. The molecular formula is CH4O5S. The van der Waals surface area contributed by atoms with Crippen molar-refractivity contribution in [1.82, 2.24) is 0 Å². The second-order valence-electron chi connectivity index (χ2n) is 0.336. The molecule has 0 atom stereocenters. The Morgan fingerprint density at radius 3 is 1.43 bits per heavy atom. The highest BCUT2D eigenvalue weighted by atomic mass is 32.2.